The molecule has 3 N–H and O–H groups in total. The predicted octanol–water partition coefficient (Wildman–Crippen LogP) is 2.74. The van der Waals surface area contributed by atoms with E-state index in [9.17, 15) is 27.2 Å². The molecule has 1 saturated carbocycles. The van der Waals surface area contributed by atoms with E-state index in [1.807, 2.05) is 0 Å². The Morgan fingerprint density at radius 2 is 1.52 bits per heavy atom. The van der Waals surface area contributed by atoms with Gasteiger partial charge in [0, 0.05) is 7.05 Å². The minimum absolute atomic E-state index is 0.0842. The molecule has 0 spiro atoms. The molecule has 17 heteroatoms. The van der Waals surface area contributed by atoms with Crippen molar-refractivity contribution in [2.24, 2.45) is 7.05 Å². The maximum Gasteiger partial charge on any atom is 0.423 e. The molecule has 1 aliphatic carbocycles. The topological polar surface area (TPSA) is 142 Å². The summed E-state index contributed by atoms with van der Waals surface area (Å²) in [5.74, 6) is -0.438. The number of aromatic amines is 1. The summed E-state index contributed by atoms with van der Waals surface area (Å²) < 4.78 is 56.5. The summed E-state index contributed by atoms with van der Waals surface area (Å²) in [4.78, 5) is 34.6. The smallest absolute Gasteiger partial charge is 0.423 e. The maximum atomic E-state index is 14.3. The molecule has 0 unspecified atom stereocenters. The van der Waals surface area contributed by atoms with Crippen LogP contribution in [0.3, 0.4) is 0 Å². The van der Waals surface area contributed by atoms with Gasteiger partial charge in [0.1, 0.15) is 34.9 Å². The third-order valence-electron chi connectivity index (χ3n) is 5.84. The molecule has 42 heavy (non-hydrogen) atoms. The minimum atomic E-state index is -4.74. The second-order valence-electron chi connectivity index (χ2n) is 9.36. The highest BCUT2D eigenvalue weighted by Crippen LogP contribution is 2.29. The maximum absolute atomic E-state index is 14.3. The molecule has 0 amide bonds. The Hall–Kier alpha value is -4.17. The zero-order chi connectivity index (χ0) is 31.1. The lowest BCUT2D eigenvalue weighted by molar-refractivity contribution is -0.138. The molecule has 6 radical (unpaired) electrons. The van der Waals surface area contributed by atoms with Crippen LogP contribution in [0.2, 0.25) is 0 Å². The van der Waals surface area contributed by atoms with Crippen LogP contribution in [-0.4, -0.2) is 58.6 Å². The SMILES string of the molecule is C1CCCCC1.Nc1cn[nH]c(=O)c1C(F)(F)F.[B]C([B])([B])Oc1cnc(-c2cc3ncn(C)c(=O)c3cc2F)nc1. The quantitative estimate of drug-likeness (QED) is 0.279. The minimum Gasteiger partial charge on any atom is -0.513 e. The lowest BCUT2D eigenvalue weighted by atomic mass is 9.52. The van der Waals surface area contributed by atoms with Crippen molar-refractivity contribution in [3.05, 3.63) is 69.1 Å². The third-order valence-corrected chi connectivity index (χ3v) is 5.84. The predicted molar refractivity (Wildman–Crippen MR) is 151 cm³/mol. The fraction of sp³-hybridized carbons (Fsp3) is 0.360. The fourth-order valence-corrected chi connectivity index (χ4v) is 3.88. The molecule has 10 nitrogen and oxygen atoms in total. The average molecular weight is 579 g/mol. The number of fused-ring (bicyclic) bond motifs is 1. The van der Waals surface area contributed by atoms with Crippen LogP contribution in [0.15, 0.2) is 46.6 Å². The Balaban J connectivity index is 0.000000221. The van der Waals surface area contributed by atoms with Crippen LogP contribution in [0, 0.1) is 5.82 Å². The second kappa shape index (κ2) is 13.7. The summed E-state index contributed by atoms with van der Waals surface area (Å²) in [6, 6.07) is 2.51. The highest BCUT2D eigenvalue weighted by molar-refractivity contribution is 6.58. The lowest BCUT2D eigenvalue weighted by Crippen LogP contribution is -2.37. The number of anilines is 1. The van der Waals surface area contributed by atoms with Gasteiger partial charge in [-0.3, -0.25) is 9.59 Å². The monoisotopic (exact) mass is 579 g/mol. The second-order valence-corrected chi connectivity index (χ2v) is 9.36. The zero-order valence-electron chi connectivity index (χ0n) is 22.5. The number of aryl methyl sites for hydroxylation is 1. The van der Waals surface area contributed by atoms with E-state index in [4.69, 9.17) is 34.0 Å². The molecule has 4 aromatic rings. The van der Waals surface area contributed by atoms with E-state index in [1.54, 1.807) is 5.10 Å². The lowest BCUT2D eigenvalue weighted by Gasteiger charge is -2.22. The number of nitrogens with one attached hydrogen (secondary N) is 1. The van der Waals surface area contributed by atoms with Gasteiger partial charge >= 0.3 is 6.18 Å². The summed E-state index contributed by atoms with van der Waals surface area (Å²) in [5, 5.41) is 3.03. The molecular weight excluding hydrogens is 555 g/mol. The number of hydrogen-bond donors (Lipinski definition) is 2. The first-order valence-electron chi connectivity index (χ1n) is 12.6. The van der Waals surface area contributed by atoms with Gasteiger partial charge in [-0.2, -0.15) is 18.3 Å². The van der Waals surface area contributed by atoms with Crippen LogP contribution < -0.4 is 21.6 Å². The van der Waals surface area contributed by atoms with Crippen molar-refractivity contribution in [3.8, 4) is 17.1 Å². The van der Waals surface area contributed by atoms with Gasteiger partial charge in [-0.1, -0.05) is 38.5 Å². The largest absolute Gasteiger partial charge is 0.513 e. The molecule has 1 aromatic carbocycles. The number of ether oxygens (including phenoxy) is 1. The fourth-order valence-electron chi connectivity index (χ4n) is 3.88. The third kappa shape index (κ3) is 8.92. The van der Waals surface area contributed by atoms with Crippen molar-refractivity contribution >= 4 is 40.1 Å². The van der Waals surface area contributed by atoms with Gasteiger partial charge in [0.05, 0.1) is 47.1 Å². The number of benzene rings is 1. The van der Waals surface area contributed by atoms with Gasteiger partial charge in [-0.15, -0.1) is 0 Å². The Kier molecular flexibility index (Phi) is 10.5. The van der Waals surface area contributed by atoms with E-state index >= 15 is 0 Å². The summed E-state index contributed by atoms with van der Waals surface area (Å²) in [7, 11) is 17.5. The molecule has 0 atom stereocenters. The van der Waals surface area contributed by atoms with Gasteiger partial charge < -0.3 is 15.0 Å². The van der Waals surface area contributed by atoms with Gasteiger partial charge in [0.15, 0.2) is 11.6 Å². The number of nitrogens with zero attached hydrogens (tertiary/aromatic N) is 5. The van der Waals surface area contributed by atoms with E-state index < -0.39 is 34.1 Å². The van der Waals surface area contributed by atoms with Crippen LogP contribution in [0.5, 0.6) is 5.75 Å². The molecule has 1 aliphatic rings. The zero-order valence-corrected chi connectivity index (χ0v) is 22.5. The normalized spacial score (nSPS) is 13.4. The summed E-state index contributed by atoms with van der Waals surface area (Å²) in [5.41, 5.74) is 1.58. The molecule has 0 bridgehead atoms. The van der Waals surface area contributed by atoms with Crippen molar-refractivity contribution in [1.29, 1.82) is 0 Å². The average Bonchev–Trinajstić information content (AvgIpc) is 2.91. The molecule has 5 rings (SSSR count). The van der Waals surface area contributed by atoms with Crippen LogP contribution in [0.1, 0.15) is 44.1 Å². The Labute approximate surface area is 241 Å². The van der Waals surface area contributed by atoms with Gasteiger partial charge in [0.25, 0.3) is 11.1 Å². The standard InChI is InChI=1S/C14H8B3FN4O2.C6H12.C5H4F3N3O/c1-22-6-21-11-3-8(10(18)2-9(11)13(22)23)12-19-4-7(5-20-12)24-14(15,16)17;1-2-4-6-5-3-1;6-5(7,8)3-2(9)1-10-11-4(3)12/h2-6H,1H3;1-6H2;1H,(H3,9,11,12). The van der Waals surface area contributed by atoms with Crippen LogP contribution in [-0.2, 0) is 13.2 Å². The molecule has 3 aromatic heterocycles. The first-order valence-corrected chi connectivity index (χ1v) is 12.6. The van der Waals surface area contributed by atoms with E-state index in [0.717, 1.165) is 12.3 Å². The Bertz CT molecular complexity index is 1610. The van der Waals surface area contributed by atoms with E-state index in [2.05, 4.69) is 20.1 Å². The number of H-pyrrole nitrogens is 1. The number of aromatic nitrogens is 6. The van der Waals surface area contributed by atoms with Crippen LogP contribution in [0.25, 0.3) is 22.3 Å². The first kappa shape index (κ1) is 32.4. The number of halogens is 4. The van der Waals surface area contributed by atoms with Crippen molar-refractivity contribution in [2.45, 2.75) is 50.0 Å². The van der Waals surface area contributed by atoms with Crippen LogP contribution >= 0.6 is 0 Å². The van der Waals surface area contributed by atoms with E-state index in [0.29, 0.717) is 5.52 Å². The number of alkyl halides is 3. The number of rotatable bonds is 3. The molecule has 1 fully saturated rings. The summed E-state index contributed by atoms with van der Waals surface area (Å²) >= 11 is 0. The van der Waals surface area contributed by atoms with E-state index in [-0.39, 0.29) is 28.1 Å². The number of nitrogens with two attached hydrogens (primary N) is 1. The van der Waals surface area contributed by atoms with Gasteiger partial charge in [0.2, 0.25) is 0 Å². The Morgan fingerprint density at radius 1 is 0.952 bits per heavy atom. The van der Waals surface area contributed by atoms with Crippen LogP contribution in [0.4, 0.5) is 23.2 Å². The molecule has 214 valence electrons. The highest BCUT2D eigenvalue weighted by Gasteiger charge is 2.36. The molecular formula is C25H24B3F4N7O3. The van der Waals surface area contributed by atoms with Crippen molar-refractivity contribution in [1.82, 2.24) is 29.7 Å². The van der Waals surface area contributed by atoms with Crippen molar-refractivity contribution in [2.75, 3.05) is 5.73 Å². The van der Waals surface area contributed by atoms with Gasteiger partial charge in [-0.25, -0.2) is 24.4 Å². The van der Waals surface area contributed by atoms with Crippen molar-refractivity contribution < 1.29 is 22.3 Å². The first-order chi connectivity index (χ1) is 19.7. The van der Waals surface area contributed by atoms with E-state index in [1.165, 1.54) is 74.9 Å². The molecule has 3 heterocycles. The molecule has 0 saturated heterocycles. The number of nitrogen functional groups attached to an aromatic ring is 1. The summed E-state index contributed by atoms with van der Waals surface area (Å²) in [6.45, 7) is 0. The highest BCUT2D eigenvalue weighted by atomic mass is 19.4. The Morgan fingerprint density at radius 3 is 2.00 bits per heavy atom. The van der Waals surface area contributed by atoms with Gasteiger partial charge in [-0.05, 0) is 17.4 Å². The summed E-state index contributed by atoms with van der Waals surface area (Å²) in [6.07, 6.45) is 8.87. The number of hydrogen-bond acceptors (Lipinski definition) is 8. The molecule has 0 aliphatic heterocycles. The van der Waals surface area contributed by atoms with Crippen molar-refractivity contribution in [3.63, 3.8) is 0 Å².